The van der Waals surface area contributed by atoms with E-state index in [2.05, 4.69) is 28.9 Å². The second-order valence-electron chi connectivity index (χ2n) is 1.54. The molecule has 0 fully saturated rings. The van der Waals surface area contributed by atoms with E-state index in [-0.39, 0.29) is 0 Å². The van der Waals surface area contributed by atoms with Crippen LogP contribution in [0, 0.1) is 0 Å². The molecule has 0 saturated heterocycles. The summed E-state index contributed by atoms with van der Waals surface area (Å²) in [6, 6.07) is 0. The third-order valence-corrected chi connectivity index (χ3v) is 1.08. The second kappa shape index (κ2) is 7.70. The highest BCUT2D eigenvalue weighted by Crippen LogP contribution is 1.85. The van der Waals surface area contributed by atoms with Crippen molar-refractivity contribution in [2.75, 3.05) is 0 Å². The molecule has 0 N–H and O–H groups in total. The Labute approximate surface area is 65.1 Å². The Hall–Kier alpha value is -0.300. The predicted octanol–water partition coefficient (Wildman–Crippen LogP) is 3.42. The van der Waals surface area contributed by atoms with Crippen molar-refractivity contribution in [3.63, 3.8) is 0 Å². The van der Waals surface area contributed by atoms with Crippen LogP contribution >= 0.6 is 15.9 Å². The lowest BCUT2D eigenvalue weighted by molar-refractivity contribution is 1.22. The van der Waals surface area contributed by atoms with E-state index in [0.29, 0.717) is 0 Å². The van der Waals surface area contributed by atoms with Crippen molar-refractivity contribution < 1.29 is 0 Å². The van der Waals surface area contributed by atoms with Gasteiger partial charge in [-0.15, -0.1) is 0 Å². The Kier molecular flexibility index (Phi) is 7.44. The molecule has 0 amide bonds. The fourth-order valence-corrected chi connectivity index (χ4v) is 0.561. The zero-order valence-electron chi connectivity index (χ0n) is 5.55. The van der Waals surface area contributed by atoms with Crippen LogP contribution in [0.3, 0.4) is 0 Å². The van der Waals surface area contributed by atoms with Gasteiger partial charge in [0.1, 0.15) is 0 Å². The van der Waals surface area contributed by atoms with Gasteiger partial charge in [-0.3, -0.25) is 0 Å². The Balaban J connectivity index is 3.35. The van der Waals surface area contributed by atoms with E-state index in [0.717, 1.165) is 6.42 Å². The zero-order valence-corrected chi connectivity index (χ0v) is 7.14. The fraction of sp³-hybridized carbons (Fsp3) is 0.250. The van der Waals surface area contributed by atoms with E-state index in [9.17, 15) is 0 Å². The minimum atomic E-state index is 1.10. The summed E-state index contributed by atoms with van der Waals surface area (Å²) in [6.07, 6.45) is 11.1. The average molecular weight is 187 g/mol. The van der Waals surface area contributed by atoms with E-state index in [4.69, 9.17) is 0 Å². The summed E-state index contributed by atoms with van der Waals surface area (Å²) in [4.78, 5) is 1.82. The molecule has 0 aliphatic heterocycles. The first kappa shape index (κ1) is 8.70. The van der Waals surface area contributed by atoms with Gasteiger partial charge in [-0.05, 0) is 11.4 Å². The van der Waals surface area contributed by atoms with Gasteiger partial charge in [0.2, 0.25) is 0 Å². The molecule has 0 radical (unpaired) electrons. The summed E-state index contributed by atoms with van der Waals surface area (Å²) in [5.74, 6) is 0. The molecule has 0 spiro atoms. The lowest BCUT2D eigenvalue weighted by Crippen LogP contribution is -1.50. The zero-order chi connectivity index (χ0) is 6.95. The average Bonchev–Trinajstić information content (AvgIpc) is 1.89. The molecule has 0 saturated carbocycles. The van der Waals surface area contributed by atoms with Crippen molar-refractivity contribution in [3.05, 3.63) is 35.4 Å². The van der Waals surface area contributed by atoms with Crippen LogP contribution in [-0.4, -0.2) is 0 Å². The van der Waals surface area contributed by atoms with Gasteiger partial charge >= 0.3 is 0 Å². The Bertz CT molecular complexity index is 121. The first-order valence-corrected chi connectivity index (χ1v) is 3.92. The largest absolute Gasteiger partial charge is 0.0848 e. The van der Waals surface area contributed by atoms with Crippen LogP contribution in [-0.2, 0) is 0 Å². The minimum absolute atomic E-state index is 1.10. The van der Waals surface area contributed by atoms with E-state index in [1.807, 2.05) is 29.3 Å². The molecule has 50 valence electrons. The van der Waals surface area contributed by atoms with Crippen LogP contribution in [0.2, 0.25) is 0 Å². The van der Waals surface area contributed by atoms with Crippen LogP contribution in [0.25, 0.3) is 0 Å². The predicted molar refractivity (Wildman–Crippen MR) is 46.6 cm³/mol. The fourth-order valence-electron chi connectivity index (χ4n) is 0.385. The Morgan fingerprint density at radius 1 is 1.11 bits per heavy atom. The maximum Gasteiger partial charge on any atom is -0.0189 e. The molecular weight excluding hydrogens is 176 g/mol. The van der Waals surface area contributed by atoms with Gasteiger partial charge in [0.15, 0.2) is 0 Å². The van der Waals surface area contributed by atoms with Crippen molar-refractivity contribution in [1.82, 2.24) is 0 Å². The van der Waals surface area contributed by atoms with Crippen molar-refractivity contribution in [3.8, 4) is 0 Å². The van der Waals surface area contributed by atoms with Gasteiger partial charge in [0.25, 0.3) is 0 Å². The summed E-state index contributed by atoms with van der Waals surface area (Å²) in [5, 5.41) is 0. The smallest absolute Gasteiger partial charge is 0.0189 e. The van der Waals surface area contributed by atoms with Crippen LogP contribution < -0.4 is 0 Å². The quantitative estimate of drug-likeness (QED) is 0.594. The molecule has 0 rings (SSSR count). The van der Waals surface area contributed by atoms with Crippen molar-refractivity contribution in [2.45, 2.75) is 13.3 Å². The second-order valence-corrected chi connectivity index (χ2v) is 2.07. The van der Waals surface area contributed by atoms with E-state index < -0.39 is 0 Å². The summed E-state index contributed by atoms with van der Waals surface area (Å²) in [7, 11) is 0. The maximum atomic E-state index is 3.16. The van der Waals surface area contributed by atoms with Crippen LogP contribution in [0.15, 0.2) is 35.4 Å². The maximum absolute atomic E-state index is 3.16. The third-order valence-electron chi connectivity index (χ3n) is 0.778. The highest BCUT2D eigenvalue weighted by Gasteiger charge is 1.60. The van der Waals surface area contributed by atoms with E-state index >= 15 is 0 Å². The SMILES string of the molecule is CCC=CC=CC=CBr. The van der Waals surface area contributed by atoms with E-state index in [1.165, 1.54) is 0 Å². The van der Waals surface area contributed by atoms with Crippen LogP contribution in [0.5, 0.6) is 0 Å². The number of rotatable bonds is 3. The monoisotopic (exact) mass is 186 g/mol. The summed E-state index contributed by atoms with van der Waals surface area (Å²) < 4.78 is 0. The molecular formula is C8H11Br. The van der Waals surface area contributed by atoms with Gasteiger partial charge in [0, 0.05) is 0 Å². The van der Waals surface area contributed by atoms with Crippen molar-refractivity contribution >= 4 is 15.9 Å². The lowest BCUT2D eigenvalue weighted by atomic mass is 10.4. The van der Waals surface area contributed by atoms with Crippen molar-refractivity contribution in [2.24, 2.45) is 0 Å². The van der Waals surface area contributed by atoms with Gasteiger partial charge in [-0.2, -0.15) is 0 Å². The molecule has 0 aromatic heterocycles. The third kappa shape index (κ3) is 7.70. The Morgan fingerprint density at radius 3 is 2.33 bits per heavy atom. The molecule has 0 aliphatic rings. The van der Waals surface area contributed by atoms with Gasteiger partial charge in [0.05, 0.1) is 0 Å². The van der Waals surface area contributed by atoms with Gasteiger partial charge in [-0.25, -0.2) is 0 Å². The van der Waals surface area contributed by atoms with Crippen LogP contribution in [0.1, 0.15) is 13.3 Å². The molecule has 0 nitrogen and oxygen atoms in total. The number of hydrogen-bond acceptors (Lipinski definition) is 0. The normalized spacial score (nSPS) is 12.7. The number of allylic oxidation sites excluding steroid dienone is 5. The first-order chi connectivity index (χ1) is 4.41. The Morgan fingerprint density at radius 2 is 1.78 bits per heavy atom. The molecule has 0 aromatic rings. The van der Waals surface area contributed by atoms with Crippen LogP contribution in [0.4, 0.5) is 0 Å². The van der Waals surface area contributed by atoms with Gasteiger partial charge < -0.3 is 0 Å². The molecule has 0 atom stereocenters. The van der Waals surface area contributed by atoms with Gasteiger partial charge in [-0.1, -0.05) is 53.2 Å². The van der Waals surface area contributed by atoms with Crippen molar-refractivity contribution in [1.29, 1.82) is 0 Å². The molecule has 0 unspecified atom stereocenters. The van der Waals surface area contributed by atoms with E-state index in [1.54, 1.807) is 0 Å². The first-order valence-electron chi connectivity index (χ1n) is 3.00. The standard InChI is InChI=1S/C8H11Br/c1-2-3-4-5-6-7-8-9/h3-8H,2H2,1H3. The molecule has 9 heavy (non-hydrogen) atoms. The molecule has 1 heteroatoms. The molecule has 0 bridgehead atoms. The molecule has 0 heterocycles. The topological polar surface area (TPSA) is 0 Å². The lowest BCUT2D eigenvalue weighted by Gasteiger charge is -1.72. The molecule has 0 aliphatic carbocycles. The number of hydrogen-bond donors (Lipinski definition) is 0. The summed E-state index contributed by atoms with van der Waals surface area (Å²) in [5.41, 5.74) is 0. The number of halogens is 1. The highest BCUT2D eigenvalue weighted by atomic mass is 79.9. The minimum Gasteiger partial charge on any atom is -0.0848 e. The molecule has 0 aromatic carbocycles. The summed E-state index contributed by atoms with van der Waals surface area (Å²) >= 11 is 3.16. The summed E-state index contributed by atoms with van der Waals surface area (Å²) in [6.45, 7) is 2.12. The highest BCUT2D eigenvalue weighted by molar-refractivity contribution is 9.11.